The molecule has 0 amide bonds. The second-order valence-electron chi connectivity index (χ2n) is 5.82. The molecule has 2 unspecified atom stereocenters. The molecule has 0 aromatic heterocycles. The van der Waals surface area contributed by atoms with E-state index >= 15 is 0 Å². The van der Waals surface area contributed by atoms with Gasteiger partial charge in [-0.2, -0.15) is 0 Å². The van der Waals surface area contributed by atoms with Gasteiger partial charge in [0.1, 0.15) is 12.4 Å². The minimum atomic E-state index is -0.610. The standard InChI is InChI=1S/C19H22BBrO3/c20-9-8-19(23)16(12-22)10-15-11-17(6-7-18(15)21)24-13-14-4-2-1-3-5-14/h1-7,11,16,19,22-23H,8-10,12-13H2. The van der Waals surface area contributed by atoms with Gasteiger partial charge < -0.3 is 14.9 Å². The molecule has 2 rings (SSSR count). The van der Waals surface area contributed by atoms with Gasteiger partial charge >= 0.3 is 0 Å². The highest BCUT2D eigenvalue weighted by molar-refractivity contribution is 9.10. The van der Waals surface area contributed by atoms with E-state index in [2.05, 4.69) is 15.9 Å². The number of aliphatic hydroxyl groups is 2. The van der Waals surface area contributed by atoms with Crippen LogP contribution in [0, 0.1) is 5.92 Å². The number of benzene rings is 2. The lowest BCUT2D eigenvalue weighted by Gasteiger charge is -2.21. The molecule has 2 aromatic carbocycles. The third-order valence-corrected chi connectivity index (χ3v) is 4.76. The van der Waals surface area contributed by atoms with Crippen LogP contribution in [-0.2, 0) is 13.0 Å². The highest BCUT2D eigenvalue weighted by atomic mass is 79.9. The van der Waals surface area contributed by atoms with Crippen LogP contribution < -0.4 is 4.74 Å². The number of hydrogen-bond acceptors (Lipinski definition) is 3. The normalized spacial score (nSPS) is 13.5. The fraction of sp³-hybridized carbons (Fsp3) is 0.368. The van der Waals surface area contributed by atoms with Crippen molar-refractivity contribution in [1.29, 1.82) is 0 Å². The third-order valence-electron chi connectivity index (χ3n) is 3.99. The molecule has 0 spiro atoms. The number of aliphatic hydroxyl groups excluding tert-OH is 2. The van der Waals surface area contributed by atoms with Crippen LogP contribution in [0.5, 0.6) is 5.75 Å². The molecule has 3 nitrogen and oxygen atoms in total. The van der Waals surface area contributed by atoms with E-state index in [1.54, 1.807) is 0 Å². The van der Waals surface area contributed by atoms with Gasteiger partial charge in [0.2, 0.25) is 0 Å². The van der Waals surface area contributed by atoms with E-state index in [1.807, 2.05) is 48.5 Å². The summed E-state index contributed by atoms with van der Waals surface area (Å²) < 4.78 is 6.78. The molecule has 2 radical (unpaired) electrons. The Balaban J connectivity index is 2.04. The summed E-state index contributed by atoms with van der Waals surface area (Å²) in [6, 6.07) is 15.8. The van der Waals surface area contributed by atoms with Crippen molar-refractivity contribution in [2.24, 2.45) is 5.92 Å². The molecule has 0 saturated heterocycles. The van der Waals surface area contributed by atoms with Crippen LogP contribution in [0.1, 0.15) is 17.5 Å². The van der Waals surface area contributed by atoms with Crippen molar-refractivity contribution in [2.75, 3.05) is 6.61 Å². The van der Waals surface area contributed by atoms with Crippen LogP contribution in [0.3, 0.4) is 0 Å². The lowest BCUT2D eigenvalue weighted by atomic mass is 9.88. The Labute approximate surface area is 153 Å². The summed E-state index contributed by atoms with van der Waals surface area (Å²) in [6.07, 6.45) is 0.827. The number of rotatable bonds is 9. The maximum absolute atomic E-state index is 10.1. The lowest BCUT2D eigenvalue weighted by molar-refractivity contribution is 0.0646. The van der Waals surface area contributed by atoms with Gasteiger partial charge in [0, 0.05) is 17.0 Å². The first-order valence-corrected chi connectivity index (χ1v) is 8.87. The summed E-state index contributed by atoms with van der Waals surface area (Å²) in [5.41, 5.74) is 2.10. The molecule has 0 bridgehead atoms. The van der Waals surface area contributed by atoms with Crippen LogP contribution in [0.15, 0.2) is 53.0 Å². The topological polar surface area (TPSA) is 49.7 Å². The van der Waals surface area contributed by atoms with Gasteiger partial charge in [-0.25, -0.2) is 0 Å². The molecule has 0 heterocycles. The molecule has 24 heavy (non-hydrogen) atoms. The first kappa shape index (κ1) is 19.0. The average Bonchev–Trinajstić information content (AvgIpc) is 2.61. The van der Waals surface area contributed by atoms with Crippen molar-refractivity contribution < 1.29 is 14.9 Å². The summed E-state index contributed by atoms with van der Waals surface area (Å²) in [5, 5.41) is 19.6. The summed E-state index contributed by atoms with van der Waals surface area (Å²) in [6.45, 7) is 0.420. The van der Waals surface area contributed by atoms with Crippen molar-refractivity contribution in [3.63, 3.8) is 0 Å². The molecule has 2 atom stereocenters. The van der Waals surface area contributed by atoms with Crippen LogP contribution in [0.25, 0.3) is 0 Å². The third kappa shape index (κ3) is 5.65. The van der Waals surface area contributed by atoms with E-state index in [9.17, 15) is 10.2 Å². The Hall–Kier alpha value is -1.30. The van der Waals surface area contributed by atoms with Crippen LogP contribution >= 0.6 is 15.9 Å². The smallest absolute Gasteiger partial charge is 0.120 e. The van der Waals surface area contributed by atoms with Crippen LogP contribution in [-0.4, -0.2) is 30.8 Å². The van der Waals surface area contributed by atoms with Gasteiger partial charge in [-0.05, 0) is 42.2 Å². The molecule has 0 saturated carbocycles. The monoisotopic (exact) mass is 388 g/mol. The Kier molecular flexibility index (Phi) is 7.83. The molecule has 2 N–H and O–H groups in total. The van der Waals surface area contributed by atoms with Gasteiger partial charge in [0.25, 0.3) is 0 Å². The zero-order chi connectivity index (χ0) is 17.4. The number of hydrogen-bond donors (Lipinski definition) is 2. The minimum Gasteiger partial charge on any atom is -0.489 e. The Morgan fingerprint density at radius 3 is 2.54 bits per heavy atom. The predicted octanol–water partition coefficient (Wildman–Crippen LogP) is 3.52. The zero-order valence-corrected chi connectivity index (χ0v) is 15.2. The number of ether oxygens (including phenoxy) is 1. The van der Waals surface area contributed by atoms with Crippen molar-refractivity contribution in [3.8, 4) is 5.75 Å². The van der Waals surface area contributed by atoms with E-state index in [-0.39, 0.29) is 12.5 Å². The second-order valence-corrected chi connectivity index (χ2v) is 6.67. The van der Waals surface area contributed by atoms with E-state index in [4.69, 9.17) is 12.6 Å². The van der Waals surface area contributed by atoms with Crippen molar-refractivity contribution in [1.82, 2.24) is 0 Å². The van der Waals surface area contributed by atoms with E-state index in [1.165, 1.54) is 0 Å². The van der Waals surface area contributed by atoms with Gasteiger partial charge in [-0.15, -0.1) is 0 Å². The Morgan fingerprint density at radius 2 is 1.88 bits per heavy atom. The molecule has 5 heteroatoms. The Morgan fingerprint density at radius 1 is 1.12 bits per heavy atom. The minimum absolute atomic E-state index is 0.0806. The van der Waals surface area contributed by atoms with Crippen LogP contribution in [0.4, 0.5) is 0 Å². The largest absolute Gasteiger partial charge is 0.489 e. The highest BCUT2D eigenvalue weighted by Crippen LogP contribution is 2.27. The summed E-state index contributed by atoms with van der Waals surface area (Å²) in [7, 11) is 5.49. The van der Waals surface area contributed by atoms with Gasteiger partial charge in [0.05, 0.1) is 14.0 Å². The lowest BCUT2D eigenvalue weighted by Crippen LogP contribution is -2.26. The Bertz CT molecular complexity index is 621. The van der Waals surface area contributed by atoms with Crippen molar-refractivity contribution >= 4 is 23.8 Å². The first-order valence-electron chi connectivity index (χ1n) is 8.08. The SMILES string of the molecule is [B]CCC(O)C(CO)Cc1cc(OCc2ccccc2)ccc1Br. The van der Waals surface area contributed by atoms with Crippen molar-refractivity contribution in [3.05, 3.63) is 64.1 Å². The molecule has 0 aliphatic rings. The second kappa shape index (κ2) is 9.87. The molecule has 2 aromatic rings. The molecule has 0 aliphatic heterocycles. The fourth-order valence-corrected chi connectivity index (χ4v) is 2.96. The molecule has 126 valence electrons. The predicted molar refractivity (Wildman–Crippen MR) is 100 cm³/mol. The maximum atomic E-state index is 10.1. The molecular weight excluding hydrogens is 367 g/mol. The fourth-order valence-electron chi connectivity index (χ4n) is 2.55. The molecular formula is C19H22BBrO3. The maximum Gasteiger partial charge on any atom is 0.120 e. The van der Waals surface area contributed by atoms with Crippen molar-refractivity contribution in [2.45, 2.75) is 31.9 Å². The average molecular weight is 389 g/mol. The number of halogens is 1. The van der Waals surface area contributed by atoms with Gasteiger partial charge in [0.15, 0.2) is 0 Å². The zero-order valence-electron chi connectivity index (χ0n) is 13.6. The quantitative estimate of drug-likeness (QED) is 0.646. The van der Waals surface area contributed by atoms with E-state index < -0.39 is 6.10 Å². The summed E-state index contributed by atoms with van der Waals surface area (Å²) in [5.74, 6) is 0.524. The van der Waals surface area contributed by atoms with Gasteiger partial charge in [-0.1, -0.05) is 52.6 Å². The van der Waals surface area contributed by atoms with E-state index in [0.717, 1.165) is 21.3 Å². The summed E-state index contributed by atoms with van der Waals surface area (Å²) >= 11 is 3.53. The highest BCUT2D eigenvalue weighted by Gasteiger charge is 2.19. The van der Waals surface area contributed by atoms with E-state index in [0.29, 0.717) is 25.8 Å². The molecule has 0 aliphatic carbocycles. The first-order chi connectivity index (χ1) is 11.6. The summed E-state index contributed by atoms with van der Waals surface area (Å²) in [4.78, 5) is 0. The van der Waals surface area contributed by atoms with Crippen LogP contribution in [0.2, 0.25) is 6.32 Å². The molecule has 0 fully saturated rings. The van der Waals surface area contributed by atoms with Gasteiger partial charge in [-0.3, -0.25) is 0 Å².